The molecule has 0 saturated carbocycles. The third-order valence-corrected chi connectivity index (χ3v) is 2.36. The Bertz CT molecular complexity index is 515. The first-order chi connectivity index (χ1) is 9.88. The summed E-state index contributed by atoms with van der Waals surface area (Å²) in [5.74, 6) is -0.664. The van der Waals surface area contributed by atoms with Crippen LogP contribution >= 0.6 is 0 Å². The number of aromatic nitrogens is 2. The van der Waals surface area contributed by atoms with E-state index in [4.69, 9.17) is 15.9 Å². The van der Waals surface area contributed by atoms with Crippen LogP contribution in [0.4, 0.5) is 4.79 Å². The van der Waals surface area contributed by atoms with E-state index in [1.807, 2.05) is 0 Å². The first-order valence-corrected chi connectivity index (χ1v) is 6.18. The summed E-state index contributed by atoms with van der Waals surface area (Å²) in [5.41, 5.74) is 9.86. The molecule has 1 aromatic rings. The Hall–Kier alpha value is -2.65. The summed E-state index contributed by atoms with van der Waals surface area (Å²) in [4.78, 5) is 32.4. The number of carbonyl (C=O) groups is 3. The summed E-state index contributed by atoms with van der Waals surface area (Å²) in [6, 6.07) is -0.548. The monoisotopic (exact) mass is 299 g/mol. The normalized spacial score (nSPS) is 11.7. The van der Waals surface area contributed by atoms with E-state index < -0.39 is 18.0 Å². The summed E-state index contributed by atoms with van der Waals surface area (Å²) in [6.45, 7) is 1.45. The van der Waals surface area contributed by atoms with Gasteiger partial charge in [-0.15, -0.1) is 10.2 Å². The van der Waals surface area contributed by atoms with Gasteiger partial charge in [0, 0.05) is 6.92 Å². The van der Waals surface area contributed by atoms with Crippen molar-refractivity contribution in [1.29, 1.82) is 0 Å². The molecule has 0 saturated heterocycles. The number of ether oxygens (including phenoxy) is 1. The van der Waals surface area contributed by atoms with E-state index in [-0.39, 0.29) is 30.7 Å². The second-order valence-corrected chi connectivity index (χ2v) is 4.24. The van der Waals surface area contributed by atoms with Crippen LogP contribution in [0.25, 0.3) is 0 Å². The topological polar surface area (TPSA) is 163 Å². The zero-order valence-corrected chi connectivity index (χ0v) is 11.5. The van der Waals surface area contributed by atoms with Crippen molar-refractivity contribution in [2.24, 2.45) is 11.5 Å². The lowest BCUT2D eigenvalue weighted by Gasteiger charge is -2.13. The predicted octanol–water partition coefficient (Wildman–Crippen LogP) is -0.850. The van der Waals surface area contributed by atoms with E-state index >= 15 is 0 Å². The van der Waals surface area contributed by atoms with Gasteiger partial charge in [-0.3, -0.25) is 9.59 Å². The Kier molecular flexibility index (Phi) is 6.11. The number of nitrogens with one attached hydrogen (secondary N) is 1. The number of amides is 3. The van der Waals surface area contributed by atoms with Crippen molar-refractivity contribution in [3.05, 3.63) is 11.8 Å². The van der Waals surface area contributed by atoms with Gasteiger partial charge < -0.3 is 25.9 Å². The minimum Gasteiger partial charge on any atom is -0.450 e. The molecule has 5 N–H and O–H groups in total. The third kappa shape index (κ3) is 6.36. The van der Waals surface area contributed by atoms with E-state index in [1.165, 1.54) is 6.92 Å². The first kappa shape index (κ1) is 16.4. The molecule has 0 unspecified atom stereocenters. The largest absolute Gasteiger partial charge is 0.450 e. The molecule has 0 fully saturated rings. The maximum Gasteiger partial charge on any atom is 0.404 e. The Morgan fingerprint density at radius 1 is 1.33 bits per heavy atom. The zero-order chi connectivity index (χ0) is 15.8. The molecule has 10 nitrogen and oxygen atoms in total. The smallest absolute Gasteiger partial charge is 0.404 e. The van der Waals surface area contributed by atoms with Gasteiger partial charge in [-0.1, -0.05) is 0 Å². The van der Waals surface area contributed by atoms with Crippen LogP contribution in [-0.2, 0) is 20.7 Å². The molecule has 1 aromatic heterocycles. The Balaban J connectivity index is 2.63. The minimum absolute atomic E-state index is 0.0706. The summed E-state index contributed by atoms with van der Waals surface area (Å²) in [6.07, 6.45) is -0.218. The highest BCUT2D eigenvalue weighted by molar-refractivity contribution is 5.75. The lowest BCUT2D eigenvalue weighted by Crippen LogP contribution is -2.27. The molecule has 0 spiro atoms. The van der Waals surface area contributed by atoms with Crippen LogP contribution in [0, 0.1) is 0 Å². The maximum atomic E-state index is 11.2. The highest BCUT2D eigenvalue weighted by Gasteiger charge is 2.20. The van der Waals surface area contributed by atoms with Crippen molar-refractivity contribution >= 4 is 17.9 Å². The molecule has 0 aromatic carbocycles. The van der Waals surface area contributed by atoms with Crippen molar-refractivity contribution in [3.63, 3.8) is 0 Å². The van der Waals surface area contributed by atoms with Crippen LogP contribution in [0.2, 0.25) is 0 Å². The highest BCUT2D eigenvalue weighted by atomic mass is 16.5. The standard InChI is InChI=1S/C11H17N5O5/c1-6(17)14-7(3-2-4-20-11(13)19)10-16-15-9(21-10)5-8(12)18/h7H,2-5H2,1H3,(H2,12,18)(H2,13,19)(H,14,17)/t7-/m0/s1. The molecule has 21 heavy (non-hydrogen) atoms. The van der Waals surface area contributed by atoms with Crippen molar-refractivity contribution in [2.45, 2.75) is 32.2 Å². The fraction of sp³-hybridized carbons (Fsp3) is 0.545. The zero-order valence-electron chi connectivity index (χ0n) is 11.5. The fourth-order valence-electron chi connectivity index (χ4n) is 1.59. The quantitative estimate of drug-likeness (QED) is 0.526. The summed E-state index contributed by atoms with van der Waals surface area (Å²) in [5, 5.41) is 10.1. The molecule has 10 heteroatoms. The molecule has 1 rings (SSSR count). The van der Waals surface area contributed by atoms with E-state index in [9.17, 15) is 14.4 Å². The van der Waals surface area contributed by atoms with E-state index in [0.717, 1.165) is 0 Å². The van der Waals surface area contributed by atoms with Gasteiger partial charge in [-0.2, -0.15) is 0 Å². The van der Waals surface area contributed by atoms with Gasteiger partial charge in [0.15, 0.2) is 0 Å². The second kappa shape index (κ2) is 7.82. The van der Waals surface area contributed by atoms with Crippen LogP contribution in [0.3, 0.4) is 0 Å². The lowest BCUT2D eigenvalue weighted by atomic mass is 10.1. The van der Waals surface area contributed by atoms with Crippen LogP contribution in [0.5, 0.6) is 0 Å². The molecular formula is C11H17N5O5. The van der Waals surface area contributed by atoms with Gasteiger partial charge in [0.2, 0.25) is 23.6 Å². The molecule has 116 valence electrons. The lowest BCUT2D eigenvalue weighted by molar-refractivity contribution is -0.120. The third-order valence-electron chi connectivity index (χ3n) is 2.36. The van der Waals surface area contributed by atoms with Gasteiger partial charge in [-0.05, 0) is 12.8 Å². The van der Waals surface area contributed by atoms with Gasteiger partial charge in [-0.25, -0.2) is 4.79 Å². The number of hydrogen-bond acceptors (Lipinski definition) is 7. The predicted molar refractivity (Wildman–Crippen MR) is 68.5 cm³/mol. The van der Waals surface area contributed by atoms with E-state index in [0.29, 0.717) is 12.8 Å². The Morgan fingerprint density at radius 2 is 2.05 bits per heavy atom. The van der Waals surface area contributed by atoms with Crippen LogP contribution in [0.15, 0.2) is 4.42 Å². The molecule has 1 heterocycles. The van der Waals surface area contributed by atoms with Gasteiger partial charge in [0.1, 0.15) is 12.5 Å². The number of primary amides is 2. The van der Waals surface area contributed by atoms with Crippen molar-refractivity contribution in [2.75, 3.05) is 6.61 Å². The second-order valence-electron chi connectivity index (χ2n) is 4.24. The van der Waals surface area contributed by atoms with Crippen LogP contribution < -0.4 is 16.8 Å². The van der Waals surface area contributed by atoms with Gasteiger partial charge in [0.25, 0.3) is 0 Å². The molecule has 0 aliphatic rings. The van der Waals surface area contributed by atoms with E-state index in [1.54, 1.807) is 0 Å². The molecular weight excluding hydrogens is 282 g/mol. The number of nitrogens with two attached hydrogens (primary N) is 2. The summed E-state index contributed by atoms with van der Waals surface area (Å²) in [7, 11) is 0. The average molecular weight is 299 g/mol. The summed E-state index contributed by atoms with van der Waals surface area (Å²) >= 11 is 0. The molecule has 0 aliphatic carbocycles. The number of hydrogen-bond donors (Lipinski definition) is 3. The Labute approximate surface area is 120 Å². The highest BCUT2D eigenvalue weighted by Crippen LogP contribution is 2.17. The molecule has 0 aliphatic heterocycles. The van der Waals surface area contributed by atoms with Crippen LogP contribution in [0.1, 0.15) is 37.6 Å². The number of carbonyl (C=O) groups excluding carboxylic acids is 3. The Morgan fingerprint density at radius 3 is 2.62 bits per heavy atom. The molecule has 0 bridgehead atoms. The SMILES string of the molecule is CC(=O)N[C@@H](CCCOC(N)=O)c1nnc(CC(N)=O)o1. The van der Waals surface area contributed by atoms with Gasteiger partial charge in [0.05, 0.1) is 6.61 Å². The van der Waals surface area contributed by atoms with E-state index in [2.05, 4.69) is 20.3 Å². The fourth-order valence-corrected chi connectivity index (χ4v) is 1.59. The van der Waals surface area contributed by atoms with Crippen molar-refractivity contribution in [3.8, 4) is 0 Å². The minimum atomic E-state index is -0.868. The van der Waals surface area contributed by atoms with Gasteiger partial charge >= 0.3 is 6.09 Å². The van der Waals surface area contributed by atoms with Crippen molar-refractivity contribution < 1.29 is 23.5 Å². The molecule has 1 atom stereocenters. The summed E-state index contributed by atoms with van der Waals surface area (Å²) < 4.78 is 9.85. The molecule has 0 radical (unpaired) electrons. The van der Waals surface area contributed by atoms with Crippen LogP contribution in [-0.4, -0.2) is 34.7 Å². The average Bonchev–Trinajstić information content (AvgIpc) is 2.79. The number of rotatable bonds is 8. The number of nitrogens with zero attached hydrogens (tertiary/aromatic N) is 2. The first-order valence-electron chi connectivity index (χ1n) is 6.18. The van der Waals surface area contributed by atoms with Crippen molar-refractivity contribution in [1.82, 2.24) is 15.5 Å². The molecule has 3 amide bonds. The maximum absolute atomic E-state index is 11.2.